The molecule has 21 heavy (non-hydrogen) atoms. The molecule has 1 aliphatic rings. The van der Waals surface area contributed by atoms with Crippen molar-refractivity contribution in [2.75, 3.05) is 5.32 Å². The minimum Gasteiger partial charge on any atom is -0.373 e. The summed E-state index contributed by atoms with van der Waals surface area (Å²) >= 11 is 0. The van der Waals surface area contributed by atoms with Crippen molar-refractivity contribution < 1.29 is 4.92 Å². The Morgan fingerprint density at radius 1 is 1.14 bits per heavy atom. The zero-order chi connectivity index (χ0) is 15.0. The first-order valence-electron chi connectivity index (χ1n) is 7.15. The summed E-state index contributed by atoms with van der Waals surface area (Å²) in [6, 6.07) is 11.9. The number of aryl methyl sites for hydroxylation is 3. The molecule has 0 spiro atoms. The van der Waals surface area contributed by atoms with Crippen molar-refractivity contribution in [3.05, 3.63) is 68.8 Å². The van der Waals surface area contributed by atoms with Gasteiger partial charge in [0.1, 0.15) is 5.69 Å². The maximum absolute atomic E-state index is 11.2. The molecule has 3 rings (SSSR count). The van der Waals surface area contributed by atoms with Crippen LogP contribution >= 0.6 is 0 Å². The quantitative estimate of drug-likeness (QED) is 0.674. The van der Waals surface area contributed by atoms with Crippen LogP contribution < -0.4 is 5.32 Å². The Bertz CT molecular complexity index is 710. The minimum absolute atomic E-state index is 0.149. The third-order valence-electron chi connectivity index (χ3n) is 4.06. The zero-order valence-corrected chi connectivity index (χ0v) is 12.2. The van der Waals surface area contributed by atoms with Gasteiger partial charge in [-0.05, 0) is 49.4 Å². The SMILES string of the molecule is Cc1ccc2c(c1)C(Nc1ccc(C)cc1[N+](=O)[O-])CC2. The number of fused-ring (bicyclic) bond motifs is 1. The fourth-order valence-electron chi connectivity index (χ4n) is 2.97. The molecule has 2 aromatic carbocycles. The number of nitrogens with zero attached hydrogens (tertiary/aromatic N) is 1. The largest absolute Gasteiger partial charge is 0.373 e. The molecule has 1 atom stereocenters. The van der Waals surface area contributed by atoms with E-state index in [0.29, 0.717) is 5.69 Å². The van der Waals surface area contributed by atoms with Crippen molar-refractivity contribution in [3.8, 4) is 0 Å². The highest BCUT2D eigenvalue weighted by Gasteiger charge is 2.24. The van der Waals surface area contributed by atoms with Gasteiger partial charge >= 0.3 is 0 Å². The predicted molar refractivity (Wildman–Crippen MR) is 83.7 cm³/mol. The van der Waals surface area contributed by atoms with Gasteiger partial charge in [0.2, 0.25) is 0 Å². The number of nitrogens with one attached hydrogen (secondary N) is 1. The van der Waals surface area contributed by atoms with E-state index in [1.807, 2.05) is 13.0 Å². The van der Waals surface area contributed by atoms with Gasteiger partial charge in [0, 0.05) is 6.07 Å². The van der Waals surface area contributed by atoms with Crippen LogP contribution in [-0.2, 0) is 6.42 Å². The van der Waals surface area contributed by atoms with Gasteiger partial charge in [-0.2, -0.15) is 0 Å². The minimum atomic E-state index is -0.318. The number of hydrogen-bond acceptors (Lipinski definition) is 3. The topological polar surface area (TPSA) is 55.2 Å². The number of hydrogen-bond donors (Lipinski definition) is 1. The highest BCUT2D eigenvalue weighted by Crippen LogP contribution is 2.37. The summed E-state index contributed by atoms with van der Waals surface area (Å²) in [5.41, 5.74) is 5.48. The smallest absolute Gasteiger partial charge is 0.292 e. The molecule has 2 aromatic rings. The normalized spacial score (nSPS) is 16.6. The lowest BCUT2D eigenvalue weighted by atomic mass is 10.0. The molecule has 0 heterocycles. The molecule has 1 N–H and O–H groups in total. The average Bonchev–Trinajstić information content (AvgIpc) is 2.83. The number of nitro benzene ring substituents is 1. The van der Waals surface area contributed by atoms with E-state index in [9.17, 15) is 10.1 Å². The first-order chi connectivity index (χ1) is 10.0. The standard InChI is InChI=1S/C17H18N2O2/c1-11-3-5-13-6-8-15(14(13)9-11)18-16-7-4-12(2)10-17(16)19(20)21/h3-5,7,9-10,15,18H,6,8H2,1-2H3. The summed E-state index contributed by atoms with van der Waals surface area (Å²) in [6.07, 6.45) is 2.00. The molecular weight excluding hydrogens is 264 g/mol. The molecule has 0 saturated heterocycles. The summed E-state index contributed by atoms with van der Waals surface area (Å²) in [5, 5.41) is 14.6. The molecule has 0 aliphatic heterocycles. The van der Waals surface area contributed by atoms with E-state index in [1.165, 1.54) is 16.7 Å². The number of rotatable bonds is 3. The van der Waals surface area contributed by atoms with Crippen molar-refractivity contribution in [2.24, 2.45) is 0 Å². The molecular formula is C17H18N2O2. The lowest BCUT2D eigenvalue weighted by molar-refractivity contribution is -0.384. The third-order valence-corrected chi connectivity index (χ3v) is 4.06. The van der Waals surface area contributed by atoms with Gasteiger partial charge in [0.05, 0.1) is 11.0 Å². The van der Waals surface area contributed by atoms with Crippen molar-refractivity contribution >= 4 is 11.4 Å². The Labute approximate surface area is 124 Å². The van der Waals surface area contributed by atoms with E-state index in [1.54, 1.807) is 12.1 Å². The molecule has 0 amide bonds. The summed E-state index contributed by atoms with van der Waals surface area (Å²) in [5.74, 6) is 0. The van der Waals surface area contributed by atoms with Crippen LogP contribution in [0.5, 0.6) is 0 Å². The Hall–Kier alpha value is -2.36. The molecule has 4 nitrogen and oxygen atoms in total. The van der Waals surface area contributed by atoms with E-state index in [0.717, 1.165) is 18.4 Å². The Balaban J connectivity index is 1.93. The van der Waals surface area contributed by atoms with E-state index < -0.39 is 0 Å². The summed E-state index contributed by atoms with van der Waals surface area (Å²) in [6.45, 7) is 3.94. The van der Waals surface area contributed by atoms with E-state index in [4.69, 9.17) is 0 Å². The molecule has 0 saturated carbocycles. The van der Waals surface area contributed by atoms with Crippen molar-refractivity contribution in [3.63, 3.8) is 0 Å². The second kappa shape index (κ2) is 5.20. The first kappa shape index (κ1) is 13.6. The maximum Gasteiger partial charge on any atom is 0.292 e. The zero-order valence-electron chi connectivity index (χ0n) is 12.2. The summed E-state index contributed by atoms with van der Waals surface area (Å²) < 4.78 is 0. The van der Waals surface area contributed by atoms with Gasteiger partial charge in [0.25, 0.3) is 5.69 Å². The maximum atomic E-state index is 11.2. The van der Waals surface area contributed by atoms with Crippen LogP contribution in [0, 0.1) is 24.0 Å². The van der Waals surface area contributed by atoms with Crippen LogP contribution in [0.3, 0.4) is 0 Å². The van der Waals surface area contributed by atoms with Crippen LogP contribution in [0.15, 0.2) is 36.4 Å². The Kier molecular flexibility index (Phi) is 3.37. The number of nitro groups is 1. The van der Waals surface area contributed by atoms with Crippen LogP contribution in [0.2, 0.25) is 0 Å². The van der Waals surface area contributed by atoms with Gasteiger partial charge in [0.15, 0.2) is 0 Å². The Morgan fingerprint density at radius 2 is 1.86 bits per heavy atom. The van der Waals surface area contributed by atoms with Crippen molar-refractivity contribution in [1.82, 2.24) is 0 Å². The first-order valence-corrected chi connectivity index (χ1v) is 7.15. The van der Waals surface area contributed by atoms with Gasteiger partial charge < -0.3 is 5.32 Å². The molecule has 0 bridgehead atoms. The molecule has 0 radical (unpaired) electrons. The van der Waals surface area contributed by atoms with Crippen molar-refractivity contribution in [1.29, 1.82) is 0 Å². The molecule has 1 unspecified atom stereocenters. The summed E-state index contributed by atoms with van der Waals surface area (Å²) in [4.78, 5) is 10.9. The number of anilines is 1. The predicted octanol–water partition coefficient (Wildman–Crippen LogP) is 4.31. The van der Waals surface area contributed by atoms with Crippen LogP contribution in [-0.4, -0.2) is 4.92 Å². The van der Waals surface area contributed by atoms with E-state index in [2.05, 4.69) is 30.4 Å². The van der Waals surface area contributed by atoms with Gasteiger partial charge in [-0.25, -0.2) is 0 Å². The van der Waals surface area contributed by atoms with E-state index >= 15 is 0 Å². The van der Waals surface area contributed by atoms with Gasteiger partial charge in [-0.15, -0.1) is 0 Å². The monoisotopic (exact) mass is 282 g/mol. The molecule has 0 fully saturated rings. The molecule has 1 aliphatic carbocycles. The third kappa shape index (κ3) is 2.61. The highest BCUT2D eigenvalue weighted by atomic mass is 16.6. The second-order valence-corrected chi connectivity index (χ2v) is 5.72. The van der Waals surface area contributed by atoms with E-state index in [-0.39, 0.29) is 16.7 Å². The van der Waals surface area contributed by atoms with Crippen LogP contribution in [0.1, 0.15) is 34.7 Å². The lowest BCUT2D eigenvalue weighted by Crippen LogP contribution is -2.09. The number of benzene rings is 2. The fraction of sp³-hybridized carbons (Fsp3) is 0.294. The lowest BCUT2D eigenvalue weighted by Gasteiger charge is -2.16. The molecule has 108 valence electrons. The van der Waals surface area contributed by atoms with Gasteiger partial charge in [-0.1, -0.05) is 29.8 Å². The van der Waals surface area contributed by atoms with Gasteiger partial charge in [-0.3, -0.25) is 10.1 Å². The highest BCUT2D eigenvalue weighted by molar-refractivity contribution is 5.64. The van der Waals surface area contributed by atoms with Crippen LogP contribution in [0.25, 0.3) is 0 Å². The second-order valence-electron chi connectivity index (χ2n) is 5.72. The summed E-state index contributed by atoms with van der Waals surface area (Å²) in [7, 11) is 0. The van der Waals surface area contributed by atoms with Crippen molar-refractivity contribution in [2.45, 2.75) is 32.7 Å². The average molecular weight is 282 g/mol. The Morgan fingerprint density at radius 3 is 2.62 bits per heavy atom. The molecule has 4 heteroatoms. The fourth-order valence-corrected chi connectivity index (χ4v) is 2.97. The molecule has 0 aromatic heterocycles. The van der Waals surface area contributed by atoms with Crippen LogP contribution in [0.4, 0.5) is 11.4 Å².